The summed E-state index contributed by atoms with van der Waals surface area (Å²) in [5, 5.41) is 0. The standard InChI is InChI=1S/C14H23NO3/c1-5-6-9-15(12-7-10-17-11-8-12)13(16)18-14(2,3)4/h12H,7-11H2,1-4H3. The summed E-state index contributed by atoms with van der Waals surface area (Å²) in [4.78, 5) is 13.9. The van der Waals surface area contributed by atoms with E-state index in [0.717, 1.165) is 12.8 Å². The Kier molecular flexibility index (Phi) is 5.49. The third-order valence-electron chi connectivity index (χ3n) is 2.69. The first-order valence-electron chi connectivity index (χ1n) is 6.41. The Morgan fingerprint density at radius 2 is 2.00 bits per heavy atom. The molecule has 1 rings (SSSR count). The fourth-order valence-electron chi connectivity index (χ4n) is 1.82. The average molecular weight is 253 g/mol. The first-order valence-corrected chi connectivity index (χ1v) is 6.41. The van der Waals surface area contributed by atoms with Crippen LogP contribution in [0.4, 0.5) is 4.79 Å². The molecule has 1 saturated heterocycles. The van der Waals surface area contributed by atoms with Crippen molar-refractivity contribution in [2.45, 2.75) is 52.2 Å². The molecule has 102 valence electrons. The Labute approximate surface area is 110 Å². The van der Waals surface area contributed by atoms with Crippen molar-refractivity contribution in [1.82, 2.24) is 4.90 Å². The van der Waals surface area contributed by atoms with Crippen molar-refractivity contribution in [2.75, 3.05) is 19.8 Å². The summed E-state index contributed by atoms with van der Waals surface area (Å²) >= 11 is 0. The highest BCUT2D eigenvalue weighted by atomic mass is 16.6. The molecule has 0 aromatic rings. The molecule has 0 atom stereocenters. The zero-order chi connectivity index (χ0) is 13.6. The predicted octanol–water partition coefficient (Wildman–Crippen LogP) is 2.43. The lowest BCUT2D eigenvalue weighted by Gasteiger charge is -2.34. The molecule has 0 aromatic heterocycles. The maximum Gasteiger partial charge on any atom is 0.411 e. The fourth-order valence-corrected chi connectivity index (χ4v) is 1.82. The molecule has 1 heterocycles. The summed E-state index contributed by atoms with van der Waals surface area (Å²) in [6.45, 7) is 9.22. The van der Waals surface area contributed by atoms with E-state index < -0.39 is 5.60 Å². The van der Waals surface area contributed by atoms with Gasteiger partial charge in [0, 0.05) is 19.3 Å². The van der Waals surface area contributed by atoms with Gasteiger partial charge in [-0.15, -0.1) is 5.92 Å². The van der Waals surface area contributed by atoms with E-state index in [2.05, 4.69) is 11.8 Å². The van der Waals surface area contributed by atoms with Crippen LogP contribution in [0.2, 0.25) is 0 Å². The van der Waals surface area contributed by atoms with Crippen LogP contribution >= 0.6 is 0 Å². The van der Waals surface area contributed by atoms with Crippen molar-refractivity contribution in [3.63, 3.8) is 0 Å². The largest absolute Gasteiger partial charge is 0.444 e. The minimum Gasteiger partial charge on any atom is -0.444 e. The molecule has 4 heteroatoms. The lowest BCUT2D eigenvalue weighted by molar-refractivity contribution is -0.00175. The van der Waals surface area contributed by atoms with Crippen LogP contribution in [-0.4, -0.2) is 42.4 Å². The number of nitrogens with zero attached hydrogens (tertiary/aromatic N) is 1. The number of hydrogen-bond donors (Lipinski definition) is 0. The van der Waals surface area contributed by atoms with Gasteiger partial charge < -0.3 is 9.47 Å². The van der Waals surface area contributed by atoms with E-state index in [0.29, 0.717) is 19.8 Å². The third kappa shape index (κ3) is 4.97. The predicted molar refractivity (Wildman–Crippen MR) is 70.2 cm³/mol. The van der Waals surface area contributed by atoms with Crippen molar-refractivity contribution in [2.24, 2.45) is 0 Å². The summed E-state index contributed by atoms with van der Waals surface area (Å²) in [5.74, 6) is 5.77. The molecule has 0 aromatic carbocycles. The molecule has 0 N–H and O–H groups in total. The molecule has 0 bridgehead atoms. The van der Waals surface area contributed by atoms with Gasteiger partial charge >= 0.3 is 6.09 Å². The topological polar surface area (TPSA) is 38.8 Å². The highest BCUT2D eigenvalue weighted by molar-refractivity contribution is 5.69. The van der Waals surface area contributed by atoms with Crippen LogP contribution in [0.15, 0.2) is 0 Å². The van der Waals surface area contributed by atoms with Gasteiger partial charge in [-0.25, -0.2) is 4.79 Å². The summed E-state index contributed by atoms with van der Waals surface area (Å²) in [7, 11) is 0. The highest BCUT2D eigenvalue weighted by Gasteiger charge is 2.28. The SMILES string of the molecule is CC#CCN(C(=O)OC(C)(C)C)C1CCOCC1. The quantitative estimate of drug-likeness (QED) is 0.709. The van der Waals surface area contributed by atoms with Crippen LogP contribution in [-0.2, 0) is 9.47 Å². The molecular formula is C14H23NO3. The smallest absolute Gasteiger partial charge is 0.411 e. The first-order chi connectivity index (χ1) is 8.44. The number of hydrogen-bond acceptors (Lipinski definition) is 3. The Hall–Kier alpha value is -1.21. The minimum absolute atomic E-state index is 0.175. The van der Waals surface area contributed by atoms with Crippen molar-refractivity contribution in [3.8, 4) is 11.8 Å². The average Bonchev–Trinajstić information content (AvgIpc) is 2.28. The number of amides is 1. The fraction of sp³-hybridized carbons (Fsp3) is 0.786. The van der Waals surface area contributed by atoms with Gasteiger partial charge in [0.05, 0.1) is 6.54 Å². The van der Waals surface area contributed by atoms with Gasteiger partial charge in [-0.05, 0) is 40.5 Å². The van der Waals surface area contributed by atoms with Gasteiger partial charge in [0.2, 0.25) is 0 Å². The second-order valence-electron chi connectivity index (χ2n) is 5.38. The van der Waals surface area contributed by atoms with Gasteiger partial charge in [0.25, 0.3) is 0 Å². The molecule has 0 spiro atoms. The Morgan fingerprint density at radius 3 is 2.50 bits per heavy atom. The lowest BCUT2D eigenvalue weighted by Crippen LogP contribution is -2.46. The summed E-state index contributed by atoms with van der Waals surface area (Å²) < 4.78 is 10.7. The van der Waals surface area contributed by atoms with E-state index in [1.807, 2.05) is 20.8 Å². The Morgan fingerprint density at radius 1 is 1.39 bits per heavy atom. The molecule has 1 aliphatic heterocycles. The molecule has 18 heavy (non-hydrogen) atoms. The summed E-state index contributed by atoms with van der Waals surface area (Å²) in [6, 6.07) is 0.175. The van der Waals surface area contributed by atoms with Crippen molar-refractivity contribution >= 4 is 6.09 Å². The van der Waals surface area contributed by atoms with Crippen molar-refractivity contribution < 1.29 is 14.3 Å². The molecule has 1 amide bonds. The molecular weight excluding hydrogens is 230 g/mol. The van der Waals surface area contributed by atoms with Gasteiger partial charge in [-0.2, -0.15) is 0 Å². The first kappa shape index (κ1) is 14.8. The molecule has 1 aliphatic rings. The van der Waals surface area contributed by atoms with E-state index in [1.54, 1.807) is 11.8 Å². The Bertz CT molecular complexity index is 329. The second kappa shape index (κ2) is 6.65. The van der Waals surface area contributed by atoms with E-state index in [1.165, 1.54) is 0 Å². The number of rotatable bonds is 2. The van der Waals surface area contributed by atoms with E-state index in [-0.39, 0.29) is 12.1 Å². The van der Waals surface area contributed by atoms with E-state index in [4.69, 9.17) is 9.47 Å². The van der Waals surface area contributed by atoms with Crippen LogP contribution in [0.1, 0.15) is 40.5 Å². The molecule has 0 saturated carbocycles. The molecule has 1 fully saturated rings. The van der Waals surface area contributed by atoms with E-state index in [9.17, 15) is 4.79 Å². The van der Waals surface area contributed by atoms with Crippen molar-refractivity contribution in [1.29, 1.82) is 0 Å². The minimum atomic E-state index is -0.472. The van der Waals surface area contributed by atoms with Gasteiger partial charge in [0.1, 0.15) is 5.60 Å². The Balaban J connectivity index is 2.68. The third-order valence-corrected chi connectivity index (χ3v) is 2.69. The van der Waals surface area contributed by atoms with E-state index >= 15 is 0 Å². The molecule has 0 aliphatic carbocycles. The van der Waals surface area contributed by atoms with Gasteiger partial charge in [-0.1, -0.05) is 5.92 Å². The number of carbonyl (C=O) groups excluding carboxylic acids is 1. The zero-order valence-corrected chi connectivity index (χ0v) is 11.8. The van der Waals surface area contributed by atoms with Crippen LogP contribution in [0.25, 0.3) is 0 Å². The number of carbonyl (C=O) groups is 1. The summed E-state index contributed by atoms with van der Waals surface area (Å²) in [6.07, 6.45) is 1.42. The van der Waals surface area contributed by atoms with Crippen LogP contribution < -0.4 is 0 Å². The monoisotopic (exact) mass is 253 g/mol. The normalized spacial score (nSPS) is 16.7. The maximum atomic E-state index is 12.2. The second-order valence-corrected chi connectivity index (χ2v) is 5.38. The lowest BCUT2D eigenvalue weighted by atomic mass is 10.1. The highest BCUT2D eigenvalue weighted by Crippen LogP contribution is 2.18. The van der Waals surface area contributed by atoms with Crippen LogP contribution in [0.5, 0.6) is 0 Å². The maximum absolute atomic E-state index is 12.2. The van der Waals surface area contributed by atoms with Crippen LogP contribution in [0, 0.1) is 11.8 Å². The van der Waals surface area contributed by atoms with Gasteiger partial charge in [0.15, 0.2) is 0 Å². The van der Waals surface area contributed by atoms with Gasteiger partial charge in [-0.3, -0.25) is 4.90 Å². The summed E-state index contributed by atoms with van der Waals surface area (Å²) in [5.41, 5.74) is -0.472. The van der Waals surface area contributed by atoms with Crippen molar-refractivity contribution in [3.05, 3.63) is 0 Å². The number of ether oxygens (including phenoxy) is 2. The molecule has 4 nitrogen and oxygen atoms in total. The van der Waals surface area contributed by atoms with Crippen LogP contribution in [0.3, 0.4) is 0 Å². The zero-order valence-electron chi connectivity index (χ0n) is 11.8. The molecule has 0 radical (unpaired) electrons. The molecule has 0 unspecified atom stereocenters.